The molecule has 1 aliphatic heterocycles. The van der Waals surface area contributed by atoms with Crippen LogP contribution in [0.3, 0.4) is 0 Å². The van der Waals surface area contributed by atoms with Crippen molar-refractivity contribution in [3.8, 4) is 5.75 Å². The minimum atomic E-state index is -4.42. The first kappa shape index (κ1) is 18.1. The van der Waals surface area contributed by atoms with E-state index in [2.05, 4.69) is 0 Å². The van der Waals surface area contributed by atoms with E-state index in [1.807, 2.05) is 34.6 Å². The molecule has 1 fully saturated rings. The zero-order valence-electron chi connectivity index (χ0n) is 14.1. The Kier molecular flexibility index (Phi) is 4.75. The first-order valence-corrected chi connectivity index (χ1v) is 7.67. The summed E-state index contributed by atoms with van der Waals surface area (Å²) in [7, 11) is -0.755. The molecule has 1 aromatic carbocycles. The molecule has 0 radical (unpaired) electrons. The highest BCUT2D eigenvalue weighted by Gasteiger charge is 2.52. The number of ether oxygens (including phenoxy) is 1. The number of benzene rings is 1. The molecule has 0 N–H and O–H groups in total. The van der Waals surface area contributed by atoms with Crippen molar-refractivity contribution in [2.45, 2.75) is 58.4 Å². The summed E-state index contributed by atoms with van der Waals surface area (Å²) in [6, 6.07) is 3.41. The summed E-state index contributed by atoms with van der Waals surface area (Å²) in [6.45, 7) is 9.79. The van der Waals surface area contributed by atoms with Gasteiger partial charge in [0.05, 0.1) is 23.4 Å². The van der Waals surface area contributed by atoms with Gasteiger partial charge in [0, 0.05) is 5.46 Å². The van der Waals surface area contributed by atoms with Gasteiger partial charge in [-0.3, -0.25) is 0 Å². The van der Waals surface area contributed by atoms with Crippen LogP contribution in [0.2, 0.25) is 0 Å². The van der Waals surface area contributed by atoms with E-state index in [-0.39, 0.29) is 5.75 Å². The van der Waals surface area contributed by atoms with Crippen molar-refractivity contribution in [3.63, 3.8) is 0 Å². The number of halogens is 3. The van der Waals surface area contributed by atoms with Crippen LogP contribution in [0, 0.1) is 0 Å². The lowest BCUT2D eigenvalue weighted by Gasteiger charge is -2.32. The van der Waals surface area contributed by atoms with Gasteiger partial charge in [-0.2, -0.15) is 13.2 Å². The highest BCUT2D eigenvalue weighted by molar-refractivity contribution is 6.63. The van der Waals surface area contributed by atoms with Gasteiger partial charge < -0.3 is 14.0 Å². The van der Waals surface area contributed by atoms with Crippen LogP contribution in [0.1, 0.15) is 46.6 Å². The van der Waals surface area contributed by atoms with Crippen molar-refractivity contribution in [3.05, 3.63) is 23.8 Å². The van der Waals surface area contributed by atoms with Crippen molar-refractivity contribution in [2.24, 2.45) is 0 Å². The van der Waals surface area contributed by atoms with Crippen LogP contribution in [0.5, 0.6) is 5.75 Å². The molecule has 1 aliphatic rings. The van der Waals surface area contributed by atoms with Crippen LogP contribution in [0.4, 0.5) is 13.2 Å². The second-order valence-electron chi connectivity index (χ2n) is 6.69. The third-order valence-electron chi connectivity index (χ3n) is 4.31. The molecule has 23 heavy (non-hydrogen) atoms. The van der Waals surface area contributed by atoms with Crippen LogP contribution in [0.25, 0.3) is 0 Å². The molecule has 2 rings (SSSR count). The minimum Gasteiger partial charge on any atom is -0.494 e. The third-order valence-corrected chi connectivity index (χ3v) is 4.31. The van der Waals surface area contributed by atoms with Crippen molar-refractivity contribution >= 4 is 12.6 Å². The van der Waals surface area contributed by atoms with Gasteiger partial charge in [-0.15, -0.1) is 0 Å². The average molecular weight is 330 g/mol. The zero-order valence-corrected chi connectivity index (χ0v) is 14.1. The van der Waals surface area contributed by atoms with Crippen LogP contribution in [0.15, 0.2) is 18.2 Å². The maximum absolute atomic E-state index is 12.9. The molecule has 0 spiro atoms. The van der Waals surface area contributed by atoms with Gasteiger partial charge in [-0.25, -0.2) is 0 Å². The highest BCUT2D eigenvalue weighted by Crippen LogP contribution is 2.38. The fraction of sp³-hybridized carbons (Fsp3) is 0.625. The lowest BCUT2D eigenvalue weighted by Crippen LogP contribution is -2.41. The predicted octanol–water partition coefficient (Wildman–Crippen LogP) is 3.79. The van der Waals surface area contributed by atoms with Gasteiger partial charge in [-0.05, 0) is 40.2 Å². The predicted molar refractivity (Wildman–Crippen MR) is 82.9 cm³/mol. The number of hydrogen-bond donors (Lipinski definition) is 0. The topological polar surface area (TPSA) is 27.7 Å². The summed E-state index contributed by atoms with van der Waals surface area (Å²) >= 11 is 0. The monoisotopic (exact) mass is 330 g/mol. The normalized spacial score (nSPS) is 19.9. The Morgan fingerprint density at radius 3 is 2.13 bits per heavy atom. The lowest BCUT2D eigenvalue weighted by molar-refractivity contribution is -0.137. The number of alkyl halides is 3. The fourth-order valence-electron chi connectivity index (χ4n) is 2.21. The Bertz CT molecular complexity index is 554. The molecule has 0 unspecified atom stereocenters. The van der Waals surface area contributed by atoms with E-state index in [1.54, 1.807) is 0 Å². The van der Waals surface area contributed by atoms with E-state index >= 15 is 0 Å². The molecule has 3 nitrogen and oxygen atoms in total. The second-order valence-corrected chi connectivity index (χ2v) is 6.69. The van der Waals surface area contributed by atoms with Crippen molar-refractivity contribution in [2.75, 3.05) is 6.61 Å². The summed E-state index contributed by atoms with van der Waals surface area (Å²) in [4.78, 5) is 0. The summed E-state index contributed by atoms with van der Waals surface area (Å²) in [5.41, 5.74) is -1.40. The summed E-state index contributed by atoms with van der Waals surface area (Å²) < 4.78 is 56.1. The highest BCUT2D eigenvalue weighted by atomic mass is 19.4. The molecule has 0 aromatic heterocycles. The molecule has 7 heteroatoms. The van der Waals surface area contributed by atoms with Crippen LogP contribution < -0.4 is 10.2 Å². The fourth-order valence-corrected chi connectivity index (χ4v) is 2.21. The van der Waals surface area contributed by atoms with Gasteiger partial charge >= 0.3 is 13.3 Å². The summed E-state index contributed by atoms with van der Waals surface area (Å²) in [5, 5.41) is 0. The third kappa shape index (κ3) is 3.66. The van der Waals surface area contributed by atoms with Crippen LogP contribution in [-0.4, -0.2) is 24.9 Å². The summed E-state index contributed by atoms with van der Waals surface area (Å²) in [5.74, 6) is 0.153. The van der Waals surface area contributed by atoms with E-state index in [0.717, 1.165) is 12.1 Å². The Morgan fingerprint density at radius 1 is 1.09 bits per heavy atom. The molecular formula is C16H22BF3O3. The van der Waals surface area contributed by atoms with E-state index in [4.69, 9.17) is 14.0 Å². The van der Waals surface area contributed by atoms with Crippen molar-refractivity contribution < 1.29 is 27.2 Å². The molecule has 0 bridgehead atoms. The number of rotatable bonds is 4. The quantitative estimate of drug-likeness (QED) is 0.786. The molecule has 0 aliphatic carbocycles. The zero-order chi connectivity index (χ0) is 17.5. The second kappa shape index (κ2) is 6.02. The maximum Gasteiger partial charge on any atom is 0.498 e. The van der Waals surface area contributed by atoms with E-state index < -0.39 is 30.1 Å². The van der Waals surface area contributed by atoms with E-state index in [9.17, 15) is 13.2 Å². The molecule has 0 atom stereocenters. The van der Waals surface area contributed by atoms with E-state index in [1.165, 1.54) is 6.07 Å². The van der Waals surface area contributed by atoms with Crippen molar-refractivity contribution in [1.29, 1.82) is 0 Å². The molecule has 128 valence electrons. The smallest absolute Gasteiger partial charge is 0.494 e. The van der Waals surface area contributed by atoms with Crippen molar-refractivity contribution in [1.82, 2.24) is 0 Å². The molecule has 0 saturated carbocycles. The molecule has 1 saturated heterocycles. The Hall–Kier alpha value is -1.21. The largest absolute Gasteiger partial charge is 0.498 e. The standard InChI is InChI=1S/C16H22BF3O3/c1-6-9-21-13-10-11(16(18,19)20)7-8-12(13)17-22-14(2,3)15(4,5)23-17/h7-8,10H,6,9H2,1-5H3. The van der Waals surface area contributed by atoms with Crippen LogP contribution >= 0.6 is 0 Å². The summed E-state index contributed by atoms with van der Waals surface area (Å²) in [6.07, 6.45) is -3.72. The Balaban J connectivity index is 2.38. The SMILES string of the molecule is CCCOc1cc(C(F)(F)F)ccc1B1OC(C)(C)C(C)(C)O1. The Morgan fingerprint density at radius 2 is 1.65 bits per heavy atom. The molecule has 1 heterocycles. The maximum atomic E-state index is 12.9. The van der Waals surface area contributed by atoms with Gasteiger partial charge in [0.15, 0.2) is 0 Å². The molecular weight excluding hydrogens is 308 g/mol. The van der Waals surface area contributed by atoms with Gasteiger partial charge in [0.25, 0.3) is 0 Å². The van der Waals surface area contributed by atoms with E-state index in [0.29, 0.717) is 18.5 Å². The van der Waals surface area contributed by atoms with Gasteiger partial charge in [0.2, 0.25) is 0 Å². The Labute approximate surface area is 135 Å². The minimum absolute atomic E-state index is 0.153. The van der Waals surface area contributed by atoms with Gasteiger partial charge in [-0.1, -0.05) is 19.1 Å². The van der Waals surface area contributed by atoms with Gasteiger partial charge in [0.1, 0.15) is 5.75 Å². The molecule has 1 aromatic rings. The van der Waals surface area contributed by atoms with Crippen LogP contribution in [-0.2, 0) is 15.5 Å². The first-order chi connectivity index (χ1) is 10.5. The average Bonchev–Trinajstić information content (AvgIpc) is 2.63. The lowest BCUT2D eigenvalue weighted by atomic mass is 9.78. The number of hydrogen-bond acceptors (Lipinski definition) is 3. The molecule has 0 amide bonds. The first-order valence-electron chi connectivity index (χ1n) is 7.67.